The molecule has 0 aliphatic heterocycles. The van der Waals surface area contributed by atoms with Crippen molar-refractivity contribution in [1.29, 1.82) is 0 Å². The number of hydrogen-bond donors (Lipinski definition) is 2. The van der Waals surface area contributed by atoms with Crippen molar-refractivity contribution in [3.63, 3.8) is 0 Å². The summed E-state index contributed by atoms with van der Waals surface area (Å²) in [4.78, 5) is 22.5. The number of nitrogens with one attached hydrogen (secondary N) is 1. The molecular weight excluding hydrogens is 230 g/mol. The van der Waals surface area contributed by atoms with Crippen molar-refractivity contribution in [3.05, 3.63) is 0 Å². The fourth-order valence-electron chi connectivity index (χ4n) is 2.48. The van der Waals surface area contributed by atoms with E-state index in [1.165, 1.54) is 19.3 Å². The van der Waals surface area contributed by atoms with Crippen LogP contribution in [-0.2, 0) is 9.59 Å². The SMILES string of the molecule is CCCC1(CNC(=O)CC(C)(C)CC(=O)O)CC1. The third-order valence-corrected chi connectivity index (χ3v) is 3.67. The van der Waals surface area contributed by atoms with Crippen LogP contribution in [0.2, 0.25) is 0 Å². The minimum Gasteiger partial charge on any atom is -0.481 e. The zero-order valence-electron chi connectivity index (χ0n) is 11.7. The first kappa shape index (κ1) is 15.0. The van der Waals surface area contributed by atoms with Gasteiger partial charge in [0.1, 0.15) is 0 Å². The average molecular weight is 255 g/mol. The maximum Gasteiger partial charge on any atom is 0.303 e. The molecule has 0 heterocycles. The van der Waals surface area contributed by atoms with Crippen LogP contribution in [0.25, 0.3) is 0 Å². The van der Waals surface area contributed by atoms with Gasteiger partial charge in [-0.2, -0.15) is 0 Å². The molecule has 0 unspecified atom stereocenters. The second kappa shape index (κ2) is 5.72. The summed E-state index contributed by atoms with van der Waals surface area (Å²) in [6.45, 7) is 6.56. The summed E-state index contributed by atoms with van der Waals surface area (Å²) in [7, 11) is 0. The van der Waals surface area contributed by atoms with Crippen LogP contribution in [0.15, 0.2) is 0 Å². The number of carbonyl (C=O) groups excluding carboxylic acids is 1. The van der Waals surface area contributed by atoms with Crippen LogP contribution in [0.1, 0.15) is 59.3 Å². The summed E-state index contributed by atoms with van der Waals surface area (Å²) in [5, 5.41) is 11.7. The average Bonchev–Trinajstić information content (AvgIpc) is 2.93. The number of aliphatic carboxylic acids is 1. The highest BCUT2D eigenvalue weighted by Crippen LogP contribution is 2.48. The van der Waals surface area contributed by atoms with Gasteiger partial charge in [0, 0.05) is 13.0 Å². The molecule has 1 aliphatic rings. The lowest BCUT2D eigenvalue weighted by molar-refractivity contribution is -0.139. The van der Waals surface area contributed by atoms with Crippen LogP contribution in [0.3, 0.4) is 0 Å². The van der Waals surface area contributed by atoms with E-state index in [0.29, 0.717) is 5.41 Å². The fourth-order valence-corrected chi connectivity index (χ4v) is 2.48. The lowest BCUT2D eigenvalue weighted by atomic mass is 9.85. The van der Waals surface area contributed by atoms with Crippen molar-refractivity contribution in [2.45, 2.75) is 59.3 Å². The van der Waals surface area contributed by atoms with Crippen molar-refractivity contribution >= 4 is 11.9 Å². The van der Waals surface area contributed by atoms with Crippen molar-refractivity contribution in [2.24, 2.45) is 10.8 Å². The molecule has 0 radical (unpaired) electrons. The summed E-state index contributed by atoms with van der Waals surface area (Å²) >= 11 is 0. The van der Waals surface area contributed by atoms with Gasteiger partial charge in [0.2, 0.25) is 5.91 Å². The lowest BCUT2D eigenvalue weighted by Gasteiger charge is -2.22. The Labute approximate surface area is 109 Å². The van der Waals surface area contributed by atoms with Crippen LogP contribution in [-0.4, -0.2) is 23.5 Å². The number of carboxylic acid groups (broad SMARTS) is 1. The van der Waals surface area contributed by atoms with E-state index >= 15 is 0 Å². The Hall–Kier alpha value is -1.06. The number of carboxylic acids is 1. The standard InChI is InChI=1S/C14H25NO3/c1-4-5-14(6-7-14)10-15-11(16)8-13(2,3)9-12(17)18/h4-10H2,1-3H3,(H,15,16)(H,17,18). The molecule has 1 fully saturated rings. The monoisotopic (exact) mass is 255 g/mol. The topological polar surface area (TPSA) is 66.4 Å². The van der Waals surface area contributed by atoms with E-state index < -0.39 is 11.4 Å². The highest BCUT2D eigenvalue weighted by Gasteiger charge is 2.41. The van der Waals surface area contributed by atoms with Gasteiger partial charge >= 0.3 is 5.97 Å². The number of rotatable bonds is 8. The van der Waals surface area contributed by atoms with Gasteiger partial charge in [-0.3, -0.25) is 9.59 Å². The Kier molecular flexibility index (Phi) is 4.77. The third kappa shape index (κ3) is 5.07. The first-order valence-corrected chi connectivity index (χ1v) is 6.77. The normalized spacial score (nSPS) is 17.3. The van der Waals surface area contributed by atoms with Crippen LogP contribution in [0.4, 0.5) is 0 Å². The molecule has 4 nitrogen and oxygen atoms in total. The minimum atomic E-state index is -0.850. The lowest BCUT2D eigenvalue weighted by Crippen LogP contribution is -2.34. The summed E-state index contributed by atoms with van der Waals surface area (Å²) in [5.74, 6) is -0.874. The largest absolute Gasteiger partial charge is 0.481 e. The number of hydrogen-bond acceptors (Lipinski definition) is 2. The summed E-state index contributed by atoms with van der Waals surface area (Å²) in [6.07, 6.45) is 5.05. The molecule has 0 aromatic carbocycles. The summed E-state index contributed by atoms with van der Waals surface area (Å²) < 4.78 is 0. The third-order valence-electron chi connectivity index (χ3n) is 3.67. The Bertz CT molecular complexity index is 319. The van der Waals surface area contributed by atoms with Gasteiger partial charge in [0.05, 0.1) is 6.42 Å². The van der Waals surface area contributed by atoms with Gasteiger partial charge in [-0.15, -0.1) is 0 Å². The van der Waals surface area contributed by atoms with Gasteiger partial charge in [0.25, 0.3) is 0 Å². The van der Waals surface area contributed by atoms with Crippen LogP contribution in [0.5, 0.6) is 0 Å². The highest BCUT2D eigenvalue weighted by atomic mass is 16.4. The zero-order chi connectivity index (χ0) is 13.8. The van der Waals surface area contributed by atoms with Gasteiger partial charge in [-0.05, 0) is 30.1 Å². The van der Waals surface area contributed by atoms with Crippen LogP contribution >= 0.6 is 0 Å². The Balaban J connectivity index is 2.31. The Morgan fingerprint density at radius 3 is 2.33 bits per heavy atom. The van der Waals surface area contributed by atoms with E-state index in [2.05, 4.69) is 12.2 Å². The second-order valence-corrected chi connectivity index (χ2v) is 6.44. The minimum absolute atomic E-state index is 0.0244. The summed E-state index contributed by atoms with van der Waals surface area (Å²) in [6, 6.07) is 0. The molecule has 0 saturated heterocycles. The number of carbonyl (C=O) groups is 2. The van der Waals surface area contributed by atoms with Crippen LogP contribution < -0.4 is 5.32 Å². The molecule has 104 valence electrons. The molecule has 1 rings (SSSR count). The van der Waals surface area contributed by atoms with Crippen molar-refractivity contribution < 1.29 is 14.7 Å². The Morgan fingerprint density at radius 2 is 1.89 bits per heavy atom. The maximum atomic E-state index is 11.8. The predicted octanol–water partition coefficient (Wildman–Crippen LogP) is 2.57. The molecule has 1 saturated carbocycles. The van der Waals surface area contributed by atoms with E-state index in [9.17, 15) is 9.59 Å². The molecule has 18 heavy (non-hydrogen) atoms. The molecule has 0 aromatic rings. The molecule has 0 spiro atoms. The van der Waals surface area contributed by atoms with Crippen molar-refractivity contribution in [3.8, 4) is 0 Å². The molecule has 0 bridgehead atoms. The Morgan fingerprint density at radius 1 is 1.28 bits per heavy atom. The van der Waals surface area contributed by atoms with Crippen LogP contribution in [0, 0.1) is 10.8 Å². The molecule has 1 aliphatic carbocycles. The van der Waals surface area contributed by atoms with Gasteiger partial charge in [-0.25, -0.2) is 0 Å². The van der Waals surface area contributed by atoms with Gasteiger partial charge < -0.3 is 10.4 Å². The quantitative estimate of drug-likeness (QED) is 0.700. The smallest absolute Gasteiger partial charge is 0.303 e. The van der Waals surface area contributed by atoms with E-state index in [0.717, 1.165) is 13.0 Å². The van der Waals surface area contributed by atoms with E-state index in [1.54, 1.807) is 0 Å². The van der Waals surface area contributed by atoms with E-state index in [4.69, 9.17) is 5.11 Å². The maximum absolute atomic E-state index is 11.8. The fraction of sp³-hybridized carbons (Fsp3) is 0.857. The first-order valence-electron chi connectivity index (χ1n) is 6.77. The molecular formula is C14H25NO3. The number of amides is 1. The molecule has 1 amide bonds. The first-order chi connectivity index (χ1) is 8.29. The molecule has 0 aromatic heterocycles. The molecule has 2 N–H and O–H groups in total. The van der Waals surface area contributed by atoms with Crippen molar-refractivity contribution in [1.82, 2.24) is 5.32 Å². The zero-order valence-corrected chi connectivity index (χ0v) is 11.7. The molecule has 4 heteroatoms. The van der Waals surface area contributed by atoms with Gasteiger partial charge in [0.15, 0.2) is 0 Å². The van der Waals surface area contributed by atoms with Gasteiger partial charge in [-0.1, -0.05) is 27.2 Å². The van der Waals surface area contributed by atoms with E-state index in [-0.39, 0.29) is 18.7 Å². The molecule has 0 atom stereocenters. The predicted molar refractivity (Wildman–Crippen MR) is 70.2 cm³/mol. The summed E-state index contributed by atoms with van der Waals surface area (Å²) in [5.41, 5.74) is -0.126. The van der Waals surface area contributed by atoms with E-state index in [1.807, 2.05) is 13.8 Å². The highest BCUT2D eigenvalue weighted by molar-refractivity contribution is 5.78. The second-order valence-electron chi connectivity index (χ2n) is 6.44. The van der Waals surface area contributed by atoms with Crippen molar-refractivity contribution in [2.75, 3.05) is 6.54 Å².